The molecular formula is C13H5Br2F2NS. The number of nitriles is 1. The maximum absolute atomic E-state index is 13.7. The smallest absolute Gasteiger partial charge is 0.138 e. The molecule has 0 spiro atoms. The molecule has 1 heterocycles. The first-order chi connectivity index (χ1) is 9.01. The second-order valence-corrected chi connectivity index (χ2v) is 6.88. The molecule has 2 rings (SSSR count). The molecule has 96 valence electrons. The third-order valence-corrected chi connectivity index (χ3v) is 4.56. The highest BCUT2D eigenvalue weighted by Gasteiger charge is 2.10. The van der Waals surface area contributed by atoms with Crippen LogP contribution in [0, 0.1) is 23.0 Å². The summed E-state index contributed by atoms with van der Waals surface area (Å²) in [6, 6.07) is 7.63. The van der Waals surface area contributed by atoms with Gasteiger partial charge in [-0.3, -0.25) is 0 Å². The van der Waals surface area contributed by atoms with Crippen molar-refractivity contribution in [2.45, 2.75) is 0 Å². The quantitative estimate of drug-likeness (QED) is 0.471. The first-order valence-electron chi connectivity index (χ1n) is 5.03. The Morgan fingerprint density at radius 3 is 2.53 bits per heavy atom. The molecule has 0 saturated carbocycles. The molecule has 0 aliphatic carbocycles. The summed E-state index contributed by atoms with van der Waals surface area (Å²) in [4.78, 5) is 0.692. The van der Waals surface area contributed by atoms with E-state index in [1.54, 1.807) is 12.1 Å². The van der Waals surface area contributed by atoms with Crippen molar-refractivity contribution in [1.29, 1.82) is 5.26 Å². The third-order valence-electron chi connectivity index (χ3n) is 2.30. The van der Waals surface area contributed by atoms with Crippen LogP contribution in [0.3, 0.4) is 0 Å². The Bertz CT molecular complexity index is 701. The lowest BCUT2D eigenvalue weighted by atomic mass is 10.1. The van der Waals surface area contributed by atoms with Crippen molar-refractivity contribution >= 4 is 54.8 Å². The SMILES string of the molecule is N#C/C(=C\c1cc(F)c(Br)cc1F)c1ccc(Br)s1. The molecule has 0 saturated heterocycles. The summed E-state index contributed by atoms with van der Waals surface area (Å²) in [5.41, 5.74) is 0.332. The molecule has 0 aliphatic rings. The van der Waals surface area contributed by atoms with E-state index in [1.165, 1.54) is 17.4 Å². The van der Waals surface area contributed by atoms with Crippen molar-refractivity contribution in [1.82, 2.24) is 0 Å². The van der Waals surface area contributed by atoms with Crippen LogP contribution < -0.4 is 0 Å². The number of benzene rings is 1. The van der Waals surface area contributed by atoms with E-state index in [0.717, 1.165) is 15.9 Å². The minimum atomic E-state index is -0.586. The Morgan fingerprint density at radius 2 is 1.95 bits per heavy atom. The Labute approximate surface area is 129 Å². The van der Waals surface area contributed by atoms with E-state index in [1.807, 2.05) is 6.07 Å². The summed E-state index contributed by atoms with van der Waals surface area (Å²) in [5, 5.41) is 9.11. The van der Waals surface area contributed by atoms with Crippen LogP contribution >= 0.6 is 43.2 Å². The Morgan fingerprint density at radius 1 is 1.21 bits per heavy atom. The summed E-state index contributed by atoms with van der Waals surface area (Å²) >= 11 is 7.55. The van der Waals surface area contributed by atoms with E-state index in [2.05, 4.69) is 31.9 Å². The van der Waals surface area contributed by atoms with E-state index in [4.69, 9.17) is 5.26 Å². The van der Waals surface area contributed by atoms with Gasteiger partial charge in [0, 0.05) is 10.4 Å². The van der Waals surface area contributed by atoms with Crippen molar-refractivity contribution < 1.29 is 8.78 Å². The molecule has 0 N–H and O–H groups in total. The topological polar surface area (TPSA) is 23.8 Å². The van der Waals surface area contributed by atoms with Gasteiger partial charge in [-0.25, -0.2) is 8.78 Å². The molecule has 2 aromatic rings. The molecule has 1 aromatic carbocycles. The number of nitrogens with zero attached hydrogens (tertiary/aromatic N) is 1. The van der Waals surface area contributed by atoms with Gasteiger partial charge < -0.3 is 0 Å². The zero-order valence-electron chi connectivity index (χ0n) is 9.25. The van der Waals surface area contributed by atoms with Crippen molar-refractivity contribution in [3.63, 3.8) is 0 Å². The van der Waals surface area contributed by atoms with Crippen LogP contribution in [0.15, 0.2) is 32.5 Å². The predicted octanol–water partition coefficient (Wildman–Crippen LogP) is 5.62. The predicted molar refractivity (Wildman–Crippen MR) is 79.6 cm³/mol. The van der Waals surface area contributed by atoms with Crippen LogP contribution in [0.25, 0.3) is 11.6 Å². The van der Waals surface area contributed by atoms with Gasteiger partial charge in [0.25, 0.3) is 0 Å². The first kappa shape index (κ1) is 14.4. The number of allylic oxidation sites excluding steroid dienone is 1. The molecule has 0 unspecified atom stereocenters. The van der Waals surface area contributed by atoms with Crippen LogP contribution in [-0.4, -0.2) is 0 Å². The molecule has 0 fully saturated rings. The van der Waals surface area contributed by atoms with Gasteiger partial charge in [-0.05, 0) is 62.2 Å². The lowest BCUT2D eigenvalue weighted by Gasteiger charge is -2.01. The van der Waals surface area contributed by atoms with Crippen molar-refractivity contribution in [2.24, 2.45) is 0 Å². The average Bonchev–Trinajstić information content (AvgIpc) is 2.78. The van der Waals surface area contributed by atoms with Gasteiger partial charge >= 0.3 is 0 Å². The van der Waals surface area contributed by atoms with Crippen LogP contribution in [0.1, 0.15) is 10.4 Å². The molecule has 0 radical (unpaired) electrons. The monoisotopic (exact) mass is 403 g/mol. The lowest BCUT2D eigenvalue weighted by Crippen LogP contribution is -1.88. The molecular weight excluding hydrogens is 400 g/mol. The number of hydrogen-bond donors (Lipinski definition) is 0. The molecule has 19 heavy (non-hydrogen) atoms. The average molecular weight is 405 g/mol. The van der Waals surface area contributed by atoms with Crippen LogP contribution in [-0.2, 0) is 0 Å². The van der Waals surface area contributed by atoms with Gasteiger partial charge in [-0.15, -0.1) is 11.3 Å². The minimum absolute atomic E-state index is 0.0433. The number of thiophene rings is 1. The van der Waals surface area contributed by atoms with Gasteiger partial charge in [0.15, 0.2) is 0 Å². The summed E-state index contributed by atoms with van der Waals surface area (Å²) in [6.07, 6.45) is 1.34. The summed E-state index contributed by atoms with van der Waals surface area (Å²) in [7, 11) is 0. The van der Waals surface area contributed by atoms with Crippen LogP contribution in [0.5, 0.6) is 0 Å². The number of halogens is 4. The maximum Gasteiger partial charge on any atom is 0.138 e. The highest BCUT2D eigenvalue weighted by Crippen LogP contribution is 2.30. The second kappa shape index (κ2) is 5.95. The van der Waals surface area contributed by atoms with E-state index >= 15 is 0 Å². The summed E-state index contributed by atoms with van der Waals surface area (Å²) in [6.45, 7) is 0. The fourth-order valence-electron chi connectivity index (χ4n) is 1.42. The maximum atomic E-state index is 13.7. The molecule has 0 atom stereocenters. The highest BCUT2D eigenvalue weighted by atomic mass is 79.9. The molecule has 0 amide bonds. The van der Waals surface area contributed by atoms with Crippen molar-refractivity contribution in [3.05, 3.63) is 54.6 Å². The van der Waals surface area contributed by atoms with E-state index in [-0.39, 0.29) is 15.6 Å². The van der Waals surface area contributed by atoms with Gasteiger partial charge in [0.05, 0.1) is 13.8 Å². The summed E-state index contributed by atoms with van der Waals surface area (Å²) < 4.78 is 28.0. The Balaban J connectivity index is 2.50. The van der Waals surface area contributed by atoms with Gasteiger partial charge in [0.2, 0.25) is 0 Å². The lowest BCUT2D eigenvalue weighted by molar-refractivity contribution is 0.592. The molecule has 0 bridgehead atoms. The van der Waals surface area contributed by atoms with Crippen molar-refractivity contribution in [3.8, 4) is 6.07 Å². The van der Waals surface area contributed by atoms with Gasteiger partial charge in [-0.2, -0.15) is 5.26 Å². The third kappa shape index (κ3) is 3.30. The number of rotatable bonds is 2. The Hall–Kier alpha value is -1.03. The van der Waals surface area contributed by atoms with E-state index in [0.29, 0.717) is 4.88 Å². The van der Waals surface area contributed by atoms with E-state index in [9.17, 15) is 8.78 Å². The summed E-state index contributed by atoms with van der Waals surface area (Å²) in [5.74, 6) is -1.16. The molecule has 1 nitrogen and oxygen atoms in total. The molecule has 0 aliphatic heterocycles. The second-order valence-electron chi connectivity index (χ2n) is 3.56. The zero-order chi connectivity index (χ0) is 14.0. The first-order valence-corrected chi connectivity index (χ1v) is 7.43. The minimum Gasteiger partial charge on any atom is -0.206 e. The largest absolute Gasteiger partial charge is 0.206 e. The fourth-order valence-corrected chi connectivity index (χ4v) is 3.09. The van der Waals surface area contributed by atoms with Crippen LogP contribution in [0.4, 0.5) is 8.78 Å². The highest BCUT2D eigenvalue weighted by molar-refractivity contribution is 9.11. The fraction of sp³-hybridized carbons (Fsp3) is 0. The van der Waals surface area contributed by atoms with E-state index < -0.39 is 11.6 Å². The molecule has 6 heteroatoms. The van der Waals surface area contributed by atoms with Crippen LogP contribution in [0.2, 0.25) is 0 Å². The Kier molecular flexibility index (Phi) is 4.50. The van der Waals surface area contributed by atoms with Crippen molar-refractivity contribution in [2.75, 3.05) is 0 Å². The standard InChI is InChI=1S/C13H5Br2F2NS/c14-9-5-10(16)7(4-11(9)17)3-8(6-18)12-1-2-13(15)19-12/h1-5H/b8-3+. The number of hydrogen-bond acceptors (Lipinski definition) is 2. The van der Waals surface area contributed by atoms with Gasteiger partial charge in [-0.1, -0.05) is 0 Å². The zero-order valence-corrected chi connectivity index (χ0v) is 13.2. The molecule has 1 aromatic heterocycles. The normalized spacial score (nSPS) is 11.4. The van der Waals surface area contributed by atoms with Gasteiger partial charge in [0.1, 0.15) is 17.7 Å².